The molecule has 0 unspecified atom stereocenters. The third-order valence-corrected chi connectivity index (χ3v) is 12.3. The summed E-state index contributed by atoms with van der Waals surface area (Å²) in [4.78, 5) is 8.17. The van der Waals surface area contributed by atoms with Crippen molar-refractivity contribution in [1.82, 2.24) is 0 Å². The third-order valence-electron chi connectivity index (χ3n) is 6.14. The summed E-state index contributed by atoms with van der Waals surface area (Å²) < 4.78 is 32.6. The maximum atomic E-state index is 9.69. The number of hydrogen-bond donors (Lipinski definition) is 0. The molecule has 0 fully saturated rings. The highest BCUT2D eigenvalue weighted by atomic mass is 32.3. The molecule has 0 N–H and O–H groups in total. The Morgan fingerprint density at radius 3 is 0.830 bits per heavy atom. The van der Waals surface area contributed by atoms with Gasteiger partial charge in [0, 0.05) is 12.0 Å². The fourth-order valence-corrected chi connectivity index (χ4v) is 9.13. The Labute approximate surface area is 286 Å². The van der Waals surface area contributed by atoms with E-state index < -0.39 is 15.2 Å². The van der Waals surface area contributed by atoms with Gasteiger partial charge >= 0.3 is 0 Å². The molecule has 0 atom stereocenters. The van der Waals surface area contributed by atoms with Crippen LogP contribution in [0.5, 0.6) is 0 Å². The van der Waals surface area contributed by atoms with E-state index in [0.29, 0.717) is 0 Å². The van der Waals surface area contributed by atoms with Gasteiger partial charge in [-0.3, -0.25) is 5.04 Å². The molecule has 240 valence electrons. The van der Waals surface area contributed by atoms with Crippen LogP contribution in [0.2, 0.25) is 0 Å². The third kappa shape index (κ3) is 12.4. The maximum Gasteiger partial charge on any atom is 0.166 e. The molecule has 0 saturated carbocycles. The van der Waals surface area contributed by atoms with E-state index in [-0.39, 0.29) is 33.8 Å². The van der Waals surface area contributed by atoms with Crippen LogP contribution in [0.25, 0.3) is 0 Å². The van der Waals surface area contributed by atoms with E-state index in [2.05, 4.69) is 191 Å². The molecule has 0 spiro atoms. The first-order valence-electron chi connectivity index (χ1n) is 14.3. The van der Waals surface area contributed by atoms with Crippen LogP contribution >= 0.6 is 12.0 Å². The number of benzene rings is 6. The van der Waals surface area contributed by atoms with Crippen molar-refractivity contribution in [3.63, 3.8) is 0 Å². The minimum atomic E-state index is -4.33. The van der Waals surface area contributed by atoms with E-state index in [0.717, 1.165) is 0 Å². The molecular weight excluding hydrogens is 669 g/mol. The first kappa shape index (κ1) is 36.0. The molecular formula is C37H32O6S4. The van der Waals surface area contributed by atoms with Crippen LogP contribution in [-0.4, -0.2) is 18.1 Å². The zero-order valence-electron chi connectivity index (χ0n) is 25.1. The molecule has 0 radical (unpaired) electrons. The molecule has 47 heavy (non-hydrogen) atoms. The Morgan fingerprint density at radius 2 is 0.660 bits per heavy atom. The molecule has 0 bridgehead atoms. The van der Waals surface area contributed by atoms with Gasteiger partial charge in [-0.25, -0.2) is 8.42 Å². The van der Waals surface area contributed by atoms with Crippen molar-refractivity contribution in [3.05, 3.63) is 182 Å². The summed E-state index contributed by atoms with van der Waals surface area (Å²) in [5.74, 6) is 0. The average molecular weight is 701 g/mol. The van der Waals surface area contributed by atoms with Gasteiger partial charge in [0.2, 0.25) is 0 Å². The van der Waals surface area contributed by atoms with E-state index in [4.69, 9.17) is 5.26 Å². The van der Waals surface area contributed by atoms with E-state index in [1.54, 1.807) is 0 Å². The molecule has 0 aromatic heterocycles. The summed E-state index contributed by atoms with van der Waals surface area (Å²) in [5, 5.41) is 10.9. The van der Waals surface area contributed by atoms with Gasteiger partial charge < -0.3 is 9.81 Å². The zero-order valence-corrected chi connectivity index (χ0v) is 28.4. The van der Waals surface area contributed by atoms with Crippen LogP contribution in [0.1, 0.15) is 0 Å². The van der Waals surface area contributed by atoms with E-state index in [9.17, 15) is 13.0 Å². The van der Waals surface area contributed by atoms with Crippen LogP contribution in [0.3, 0.4) is 0 Å². The van der Waals surface area contributed by atoms with Gasteiger partial charge in [-0.2, -0.15) is 4.33 Å². The molecule has 6 rings (SSSR count). The standard InChI is InChI=1S/2C18H15S.CH4O6S2/c2*1-4-10-16(11-5-1)19(17-12-6-2-7-13-17)18-14-8-3-9-15-18;2-6-7-8-1-9(3,4)5/h2*1-15H;2H,1H2,(H,3,4,5)/q2*+1;/p-2. The van der Waals surface area contributed by atoms with Crippen molar-refractivity contribution in [1.29, 1.82) is 0 Å². The zero-order chi connectivity index (χ0) is 33.2. The van der Waals surface area contributed by atoms with Crippen LogP contribution in [0.15, 0.2) is 211 Å². The van der Waals surface area contributed by atoms with Crippen LogP contribution in [-0.2, 0) is 41.3 Å². The van der Waals surface area contributed by atoms with Gasteiger partial charge in [0.05, 0.1) is 21.8 Å². The molecule has 0 amide bonds. The Morgan fingerprint density at radius 1 is 0.447 bits per heavy atom. The van der Waals surface area contributed by atoms with Crippen LogP contribution in [0.4, 0.5) is 0 Å². The number of hydrogen-bond acceptors (Lipinski definition) is 7. The van der Waals surface area contributed by atoms with E-state index in [1.807, 2.05) is 0 Å². The Hall–Kier alpha value is -3.84. The predicted molar refractivity (Wildman–Crippen MR) is 187 cm³/mol. The summed E-state index contributed by atoms with van der Waals surface area (Å²) >= 11 is 0.125. The second-order valence-corrected chi connectivity index (χ2v) is 15.9. The summed E-state index contributed by atoms with van der Waals surface area (Å²) in [6, 6.07) is 64.3. The maximum absolute atomic E-state index is 9.69. The Kier molecular flexibility index (Phi) is 15.1. The van der Waals surface area contributed by atoms with Gasteiger partial charge in [0.25, 0.3) is 0 Å². The van der Waals surface area contributed by atoms with Gasteiger partial charge in [-0.1, -0.05) is 109 Å². The topological polar surface area (TPSA) is 98.7 Å². The predicted octanol–water partition coefficient (Wildman–Crippen LogP) is 7.92. The van der Waals surface area contributed by atoms with Gasteiger partial charge in [0.15, 0.2) is 29.4 Å². The lowest BCUT2D eigenvalue weighted by Crippen LogP contribution is -2.05. The van der Waals surface area contributed by atoms with Crippen molar-refractivity contribution in [3.8, 4) is 0 Å². The minimum Gasteiger partial charge on any atom is -0.747 e. The average Bonchev–Trinajstić information content (AvgIpc) is 3.12. The molecule has 0 heterocycles. The van der Waals surface area contributed by atoms with Crippen LogP contribution < -0.4 is 5.26 Å². The smallest absolute Gasteiger partial charge is 0.166 e. The van der Waals surface area contributed by atoms with Gasteiger partial charge in [0.1, 0.15) is 15.2 Å². The van der Waals surface area contributed by atoms with Crippen LogP contribution in [0, 0.1) is 0 Å². The lowest BCUT2D eigenvalue weighted by Gasteiger charge is -2.07. The molecule has 0 aliphatic heterocycles. The van der Waals surface area contributed by atoms with Crippen molar-refractivity contribution in [2.75, 3.05) is 5.08 Å². The fourth-order valence-electron chi connectivity index (χ4n) is 4.25. The summed E-state index contributed by atoms with van der Waals surface area (Å²) in [6.07, 6.45) is 0. The molecule has 10 heteroatoms. The Bertz CT molecular complexity index is 1490. The summed E-state index contributed by atoms with van der Waals surface area (Å²) in [7, 11) is -4.36. The van der Waals surface area contributed by atoms with E-state index in [1.165, 1.54) is 29.4 Å². The molecule has 6 aromatic rings. The molecule has 0 aliphatic rings. The lowest BCUT2D eigenvalue weighted by molar-refractivity contribution is -0.777. The van der Waals surface area contributed by atoms with Crippen molar-refractivity contribution in [2.45, 2.75) is 29.4 Å². The summed E-state index contributed by atoms with van der Waals surface area (Å²) in [5.41, 5.74) is 0. The molecule has 0 aliphatic carbocycles. The first-order chi connectivity index (χ1) is 23.0. The van der Waals surface area contributed by atoms with Gasteiger partial charge in [-0.05, 0) is 72.8 Å². The fraction of sp³-hybridized carbons (Fsp3) is 0.0270. The largest absolute Gasteiger partial charge is 0.747 e. The monoisotopic (exact) mass is 700 g/mol. The first-order valence-corrected chi connectivity index (χ1v) is 19.2. The minimum absolute atomic E-state index is 0.0146. The molecule has 6 aromatic carbocycles. The normalized spacial score (nSPS) is 10.8. The second-order valence-electron chi connectivity index (χ2n) is 9.42. The highest BCUT2D eigenvalue weighted by molar-refractivity contribution is 8.07. The van der Waals surface area contributed by atoms with Crippen molar-refractivity contribution in [2.24, 2.45) is 0 Å². The van der Waals surface area contributed by atoms with Gasteiger partial charge in [-0.15, -0.1) is 0 Å². The Balaban J connectivity index is 0.000000171. The summed E-state index contributed by atoms with van der Waals surface area (Å²) in [6.45, 7) is 0. The lowest BCUT2D eigenvalue weighted by atomic mass is 10.4. The molecule has 6 nitrogen and oxygen atoms in total. The van der Waals surface area contributed by atoms with E-state index >= 15 is 0 Å². The second kappa shape index (κ2) is 19.7. The van der Waals surface area contributed by atoms with Crippen molar-refractivity contribution < 1.29 is 27.6 Å². The quantitative estimate of drug-likeness (QED) is 0.0358. The highest BCUT2D eigenvalue weighted by Gasteiger charge is 2.28. The number of rotatable bonds is 10. The SMILES string of the molecule is O=S(=O)([O-])CSOO[O-].c1ccc([S+](c2ccccc2)c2ccccc2)cc1.c1ccc([S+](c2ccccc2)c2ccccc2)cc1. The van der Waals surface area contributed by atoms with Crippen molar-refractivity contribution >= 4 is 44.0 Å². The highest BCUT2D eigenvalue weighted by Crippen LogP contribution is 2.31. The molecule has 0 saturated heterocycles.